The van der Waals surface area contributed by atoms with Crippen molar-refractivity contribution >= 4 is 5.69 Å². The van der Waals surface area contributed by atoms with E-state index in [-0.39, 0.29) is 44.1 Å². The number of aromatic hydroxyl groups is 1. The Kier molecular flexibility index (Phi) is 4.22. The van der Waals surface area contributed by atoms with Gasteiger partial charge in [0.2, 0.25) is 0 Å². The van der Waals surface area contributed by atoms with Crippen LogP contribution in [0, 0.1) is 16.2 Å². The monoisotopic (exact) mass is 227 g/mol. The zero-order chi connectivity index (χ0) is 7.56. The molecule has 0 amide bonds. The first-order valence-corrected chi connectivity index (χ1v) is 2.55. The van der Waals surface area contributed by atoms with Crippen molar-refractivity contribution in [1.29, 1.82) is 0 Å². The maximum atomic E-state index is 10.0. The number of hydrogen-bond donors (Lipinski definition) is 1. The van der Waals surface area contributed by atoms with Gasteiger partial charge >= 0.3 is 0 Å². The van der Waals surface area contributed by atoms with Gasteiger partial charge in [-0.3, -0.25) is 10.1 Å². The molecule has 11 heavy (non-hydrogen) atoms. The number of phenolic OH excluding ortho intramolecular Hbond substituents is 1. The van der Waals surface area contributed by atoms with Crippen molar-refractivity contribution in [2.75, 3.05) is 0 Å². The fourth-order valence-electron chi connectivity index (χ4n) is 0.548. The Hall–Kier alpha value is -0.476. The second-order valence-electron chi connectivity index (χ2n) is 1.69. The Bertz CT molecular complexity index is 264. The van der Waals surface area contributed by atoms with Crippen LogP contribution >= 0.6 is 0 Å². The molecule has 0 bridgehead atoms. The van der Waals surface area contributed by atoms with Crippen molar-refractivity contribution in [2.24, 2.45) is 0 Å². The summed E-state index contributed by atoms with van der Waals surface area (Å²) in [5, 5.41) is 18.8. The van der Waals surface area contributed by atoms with Crippen molar-refractivity contribution in [3.8, 4) is 5.75 Å². The van der Waals surface area contributed by atoms with E-state index in [0.29, 0.717) is 0 Å². The number of rotatable bonds is 1. The molecule has 4 nitrogen and oxygen atoms in total. The topological polar surface area (TPSA) is 63.4 Å². The molecule has 5 heteroatoms. The molecule has 0 atom stereocenters. The third-order valence-electron chi connectivity index (χ3n) is 0.967. The van der Waals surface area contributed by atoms with Crippen LogP contribution in [0.5, 0.6) is 5.75 Å². The van der Waals surface area contributed by atoms with E-state index in [2.05, 4.69) is 6.07 Å². The van der Waals surface area contributed by atoms with Crippen LogP contribution in [0.15, 0.2) is 18.2 Å². The van der Waals surface area contributed by atoms with Crippen LogP contribution in [0.3, 0.4) is 0 Å². The third kappa shape index (κ3) is 2.95. The van der Waals surface area contributed by atoms with Crippen molar-refractivity contribution in [3.05, 3.63) is 34.4 Å². The van der Waals surface area contributed by atoms with E-state index in [1.165, 1.54) is 12.1 Å². The molecule has 0 saturated carbocycles. The van der Waals surface area contributed by atoms with Gasteiger partial charge in [-0.05, 0) is 0 Å². The predicted molar refractivity (Wildman–Crippen MR) is 33.6 cm³/mol. The summed E-state index contributed by atoms with van der Waals surface area (Å²) in [5.41, 5.74) is -0.222. The number of nitro groups is 1. The fraction of sp³-hybridized carbons (Fsp3) is 0. The molecule has 0 fully saturated rings. The first kappa shape index (κ1) is 10.5. The van der Waals surface area contributed by atoms with Gasteiger partial charge in [0.1, 0.15) is 0 Å². The number of non-ortho nitro benzene ring substituents is 1. The molecule has 55 valence electrons. The van der Waals surface area contributed by atoms with Gasteiger partial charge in [-0.15, -0.1) is 12.1 Å². The molecular formula is C6H4NO3Y-. The van der Waals surface area contributed by atoms with Crippen LogP contribution in [0.2, 0.25) is 0 Å². The number of nitro benzene ring substituents is 1. The summed E-state index contributed by atoms with van der Waals surface area (Å²) in [7, 11) is 0. The fourth-order valence-corrected chi connectivity index (χ4v) is 0.548. The van der Waals surface area contributed by atoms with Crippen LogP contribution < -0.4 is 0 Å². The molecule has 0 aromatic heterocycles. The first-order chi connectivity index (χ1) is 4.70. The minimum atomic E-state index is -0.611. The SMILES string of the molecule is O=[N+]([O-])c1[c-]ccc(O)c1.[Y]. The van der Waals surface area contributed by atoms with Crippen molar-refractivity contribution in [3.63, 3.8) is 0 Å². The molecule has 0 unspecified atom stereocenters. The Labute approximate surface area is 88.3 Å². The molecule has 1 aromatic carbocycles. The Balaban J connectivity index is 0.000001000. The average molecular weight is 227 g/mol. The van der Waals surface area contributed by atoms with E-state index in [1.807, 2.05) is 0 Å². The molecule has 0 aliphatic carbocycles. The van der Waals surface area contributed by atoms with Gasteiger partial charge in [-0.2, -0.15) is 6.07 Å². The van der Waals surface area contributed by atoms with Crippen LogP contribution in [-0.4, -0.2) is 10.0 Å². The Morgan fingerprint density at radius 1 is 1.64 bits per heavy atom. The predicted octanol–water partition coefficient (Wildman–Crippen LogP) is 1.10. The van der Waals surface area contributed by atoms with Gasteiger partial charge < -0.3 is 5.11 Å². The van der Waals surface area contributed by atoms with Crippen LogP contribution in [0.25, 0.3) is 0 Å². The van der Waals surface area contributed by atoms with Crippen LogP contribution in [0.1, 0.15) is 0 Å². The standard InChI is InChI=1S/C6H4NO3.Y/c8-6-3-1-2-5(4-6)7(9)10;/h1,3-4,8H;/q-1;. The molecule has 0 aliphatic heterocycles. The molecule has 0 saturated heterocycles. The Morgan fingerprint density at radius 3 is 2.64 bits per heavy atom. The smallest absolute Gasteiger partial charge is 0.165 e. The van der Waals surface area contributed by atoms with Crippen molar-refractivity contribution in [1.82, 2.24) is 0 Å². The minimum absolute atomic E-state index is 0. The number of nitrogens with zero attached hydrogens (tertiary/aromatic N) is 1. The van der Waals surface area contributed by atoms with Gasteiger partial charge in [0, 0.05) is 43.4 Å². The molecule has 1 aromatic rings. The maximum absolute atomic E-state index is 10.0. The van der Waals surface area contributed by atoms with Crippen LogP contribution in [0.4, 0.5) is 5.69 Å². The minimum Gasteiger partial charge on any atom is -0.533 e. The molecule has 0 aliphatic rings. The van der Waals surface area contributed by atoms with E-state index < -0.39 is 4.92 Å². The average Bonchev–Trinajstić information content (AvgIpc) is 1.88. The van der Waals surface area contributed by atoms with Gasteiger partial charge in [0.05, 0.1) is 0 Å². The van der Waals surface area contributed by atoms with E-state index in [0.717, 1.165) is 6.07 Å². The molecule has 0 heterocycles. The van der Waals surface area contributed by atoms with Gasteiger partial charge in [-0.25, -0.2) is 0 Å². The number of benzene rings is 1. The molecule has 0 spiro atoms. The number of hydrogen-bond acceptors (Lipinski definition) is 3. The second kappa shape index (κ2) is 4.41. The van der Waals surface area contributed by atoms with E-state index >= 15 is 0 Å². The Morgan fingerprint density at radius 2 is 2.27 bits per heavy atom. The van der Waals surface area contributed by atoms with E-state index in [4.69, 9.17) is 5.11 Å². The molecule has 1 radical (unpaired) electrons. The summed E-state index contributed by atoms with van der Waals surface area (Å²) >= 11 is 0. The molecule has 1 rings (SSSR count). The second-order valence-corrected chi connectivity index (χ2v) is 1.69. The zero-order valence-electron chi connectivity index (χ0n) is 5.52. The van der Waals surface area contributed by atoms with E-state index in [9.17, 15) is 10.1 Å². The van der Waals surface area contributed by atoms with Gasteiger partial charge in [-0.1, -0.05) is 6.07 Å². The summed E-state index contributed by atoms with van der Waals surface area (Å²) in [5.74, 6) is -0.120. The molecular weight excluding hydrogens is 223 g/mol. The summed E-state index contributed by atoms with van der Waals surface area (Å²) in [6.45, 7) is 0. The van der Waals surface area contributed by atoms with Gasteiger partial charge in [0.15, 0.2) is 5.69 Å². The summed E-state index contributed by atoms with van der Waals surface area (Å²) in [6, 6.07) is 6.02. The summed E-state index contributed by atoms with van der Waals surface area (Å²) in [6.07, 6.45) is 0. The first-order valence-electron chi connectivity index (χ1n) is 2.55. The van der Waals surface area contributed by atoms with Crippen molar-refractivity contribution in [2.45, 2.75) is 0 Å². The summed E-state index contributed by atoms with van der Waals surface area (Å²) < 4.78 is 0. The third-order valence-corrected chi connectivity index (χ3v) is 0.967. The van der Waals surface area contributed by atoms with Crippen molar-refractivity contribution < 1.29 is 42.7 Å². The quantitative estimate of drug-likeness (QED) is 0.443. The van der Waals surface area contributed by atoms with E-state index in [1.54, 1.807) is 0 Å². The molecule has 1 N–H and O–H groups in total. The van der Waals surface area contributed by atoms with Crippen LogP contribution in [-0.2, 0) is 32.7 Å². The number of phenols is 1. The zero-order valence-corrected chi connectivity index (χ0v) is 8.36. The van der Waals surface area contributed by atoms with Gasteiger partial charge in [0.25, 0.3) is 0 Å². The summed E-state index contributed by atoms with van der Waals surface area (Å²) in [4.78, 5) is 9.40. The normalized spacial score (nSPS) is 8.36. The maximum Gasteiger partial charge on any atom is 0.165 e. The largest absolute Gasteiger partial charge is 0.533 e.